The first-order valence-electron chi connectivity index (χ1n) is 10.6. The van der Waals surface area contributed by atoms with Crippen LogP contribution in [0.15, 0.2) is 65.6 Å². The summed E-state index contributed by atoms with van der Waals surface area (Å²) in [4.78, 5) is 13.0. The van der Waals surface area contributed by atoms with Crippen LogP contribution in [-0.4, -0.2) is 51.0 Å². The van der Waals surface area contributed by atoms with Crippen LogP contribution in [0.25, 0.3) is 10.8 Å². The molecule has 7 nitrogen and oxygen atoms in total. The van der Waals surface area contributed by atoms with E-state index in [0.717, 1.165) is 16.5 Å². The highest BCUT2D eigenvalue weighted by molar-refractivity contribution is 7.89. The van der Waals surface area contributed by atoms with Crippen LogP contribution in [0.5, 0.6) is 0 Å². The van der Waals surface area contributed by atoms with Crippen molar-refractivity contribution in [1.29, 1.82) is 0 Å². The fourth-order valence-corrected chi connectivity index (χ4v) is 5.39. The van der Waals surface area contributed by atoms with Gasteiger partial charge in [0.05, 0.1) is 18.1 Å². The van der Waals surface area contributed by atoms with Crippen molar-refractivity contribution in [2.24, 2.45) is 0 Å². The van der Waals surface area contributed by atoms with Gasteiger partial charge in [-0.3, -0.25) is 4.79 Å². The van der Waals surface area contributed by atoms with Gasteiger partial charge in [-0.25, -0.2) is 8.42 Å². The van der Waals surface area contributed by atoms with Crippen molar-refractivity contribution in [3.63, 3.8) is 0 Å². The summed E-state index contributed by atoms with van der Waals surface area (Å²) < 4.78 is 32.8. The van der Waals surface area contributed by atoms with E-state index in [0.29, 0.717) is 37.6 Å². The molecule has 3 aromatic carbocycles. The molecule has 168 valence electrons. The first kappa shape index (κ1) is 22.3. The molecular formula is C24H27N3O4S. The Bertz CT molecular complexity index is 1240. The summed E-state index contributed by atoms with van der Waals surface area (Å²) in [7, 11) is -3.65. The van der Waals surface area contributed by atoms with E-state index in [4.69, 9.17) is 4.74 Å². The molecule has 1 amide bonds. The van der Waals surface area contributed by atoms with Gasteiger partial charge in [0.25, 0.3) is 0 Å². The summed E-state index contributed by atoms with van der Waals surface area (Å²) in [6.45, 7) is 4.93. The molecule has 0 aliphatic carbocycles. The van der Waals surface area contributed by atoms with E-state index in [1.54, 1.807) is 26.0 Å². The third-order valence-corrected chi connectivity index (χ3v) is 7.61. The van der Waals surface area contributed by atoms with Gasteiger partial charge < -0.3 is 15.4 Å². The van der Waals surface area contributed by atoms with Crippen molar-refractivity contribution in [1.82, 2.24) is 4.31 Å². The van der Waals surface area contributed by atoms with E-state index in [1.807, 2.05) is 42.5 Å². The van der Waals surface area contributed by atoms with Crippen LogP contribution in [0, 0.1) is 6.92 Å². The van der Waals surface area contributed by atoms with Crippen molar-refractivity contribution in [2.45, 2.75) is 24.8 Å². The summed E-state index contributed by atoms with van der Waals surface area (Å²) in [6, 6.07) is 18.4. The van der Waals surface area contributed by atoms with Crippen LogP contribution >= 0.6 is 0 Å². The summed E-state index contributed by atoms with van der Waals surface area (Å²) in [6.07, 6.45) is 0. The number of nitrogens with zero attached hydrogens (tertiary/aromatic N) is 1. The van der Waals surface area contributed by atoms with Gasteiger partial charge in [-0.15, -0.1) is 0 Å². The van der Waals surface area contributed by atoms with Crippen LogP contribution < -0.4 is 10.6 Å². The summed E-state index contributed by atoms with van der Waals surface area (Å²) in [5.74, 6) is -0.253. The predicted octanol–water partition coefficient (Wildman–Crippen LogP) is 3.61. The molecule has 0 aromatic heterocycles. The number of aryl methyl sites for hydroxylation is 1. The molecule has 0 radical (unpaired) electrons. The molecule has 1 atom stereocenters. The number of ether oxygens (including phenoxy) is 1. The Hall–Kier alpha value is -2.94. The van der Waals surface area contributed by atoms with E-state index in [2.05, 4.69) is 10.6 Å². The zero-order valence-electron chi connectivity index (χ0n) is 18.2. The average Bonchev–Trinajstić information content (AvgIpc) is 2.80. The molecular weight excluding hydrogens is 426 g/mol. The zero-order chi connectivity index (χ0) is 22.7. The van der Waals surface area contributed by atoms with Gasteiger partial charge in [0, 0.05) is 24.5 Å². The third kappa shape index (κ3) is 4.77. The number of amides is 1. The average molecular weight is 454 g/mol. The molecule has 1 aliphatic rings. The van der Waals surface area contributed by atoms with Gasteiger partial charge in [-0.2, -0.15) is 4.31 Å². The zero-order valence-corrected chi connectivity index (χ0v) is 19.0. The Labute approximate surface area is 188 Å². The Morgan fingerprint density at radius 1 is 0.969 bits per heavy atom. The SMILES string of the molecule is Cc1ccc(NC(=O)C(C)Nc2ccc3ccccc3c2)cc1S(=O)(=O)N1CCOCC1. The van der Waals surface area contributed by atoms with E-state index in [9.17, 15) is 13.2 Å². The summed E-state index contributed by atoms with van der Waals surface area (Å²) in [5.41, 5.74) is 1.92. The number of morpholine rings is 1. The fraction of sp³-hybridized carbons (Fsp3) is 0.292. The molecule has 32 heavy (non-hydrogen) atoms. The Balaban J connectivity index is 1.48. The molecule has 8 heteroatoms. The van der Waals surface area contributed by atoms with Gasteiger partial charge in [-0.1, -0.05) is 36.4 Å². The van der Waals surface area contributed by atoms with Gasteiger partial charge in [0.15, 0.2) is 0 Å². The standard InChI is InChI=1S/C24H27N3O4S/c1-17-7-9-22(16-23(17)32(29,30)27-11-13-31-14-12-27)26-24(28)18(2)25-21-10-8-19-5-3-4-6-20(19)15-21/h3-10,15-16,18,25H,11-14H2,1-2H3,(H,26,28). The molecule has 1 fully saturated rings. The maximum absolute atomic E-state index is 13.1. The molecule has 2 N–H and O–H groups in total. The number of benzene rings is 3. The molecule has 1 aliphatic heterocycles. The normalized spacial score (nSPS) is 15.9. The van der Waals surface area contributed by atoms with Crippen molar-refractivity contribution in [3.05, 3.63) is 66.2 Å². The lowest BCUT2D eigenvalue weighted by Crippen LogP contribution is -2.40. The number of carbonyl (C=O) groups is 1. The molecule has 1 unspecified atom stereocenters. The lowest BCUT2D eigenvalue weighted by molar-refractivity contribution is -0.116. The monoisotopic (exact) mass is 453 g/mol. The van der Waals surface area contributed by atoms with Crippen molar-refractivity contribution in [3.8, 4) is 0 Å². The Morgan fingerprint density at radius 2 is 1.66 bits per heavy atom. The number of sulfonamides is 1. The van der Waals surface area contributed by atoms with Crippen LogP contribution in [0.2, 0.25) is 0 Å². The topological polar surface area (TPSA) is 87.7 Å². The minimum absolute atomic E-state index is 0.201. The minimum atomic E-state index is -3.65. The molecule has 3 aromatic rings. The maximum atomic E-state index is 13.1. The van der Waals surface area contributed by atoms with Crippen LogP contribution in [0.4, 0.5) is 11.4 Å². The van der Waals surface area contributed by atoms with E-state index >= 15 is 0 Å². The van der Waals surface area contributed by atoms with Crippen LogP contribution in [0.1, 0.15) is 12.5 Å². The number of fused-ring (bicyclic) bond motifs is 1. The van der Waals surface area contributed by atoms with Crippen molar-refractivity contribution in [2.75, 3.05) is 36.9 Å². The highest BCUT2D eigenvalue weighted by Gasteiger charge is 2.28. The van der Waals surface area contributed by atoms with Crippen LogP contribution in [-0.2, 0) is 19.6 Å². The second-order valence-electron chi connectivity index (χ2n) is 7.91. The first-order chi connectivity index (χ1) is 15.3. The number of carbonyl (C=O) groups excluding carboxylic acids is 1. The van der Waals surface area contributed by atoms with Crippen molar-refractivity contribution >= 4 is 38.1 Å². The smallest absolute Gasteiger partial charge is 0.246 e. The highest BCUT2D eigenvalue weighted by atomic mass is 32.2. The number of hydrogen-bond donors (Lipinski definition) is 2. The molecule has 0 bridgehead atoms. The number of rotatable bonds is 6. The van der Waals surface area contributed by atoms with Crippen molar-refractivity contribution < 1.29 is 17.9 Å². The molecule has 4 rings (SSSR count). The maximum Gasteiger partial charge on any atom is 0.246 e. The minimum Gasteiger partial charge on any atom is -0.379 e. The quantitative estimate of drug-likeness (QED) is 0.595. The van der Waals surface area contributed by atoms with Gasteiger partial charge >= 0.3 is 0 Å². The van der Waals surface area contributed by atoms with Gasteiger partial charge in [-0.05, 0) is 54.4 Å². The molecule has 0 spiro atoms. The van der Waals surface area contributed by atoms with E-state index < -0.39 is 16.1 Å². The molecule has 1 heterocycles. The summed E-state index contributed by atoms with van der Waals surface area (Å²) in [5, 5.41) is 8.26. The lowest BCUT2D eigenvalue weighted by atomic mass is 10.1. The Morgan fingerprint density at radius 3 is 2.41 bits per heavy atom. The number of hydrogen-bond acceptors (Lipinski definition) is 5. The van der Waals surface area contributed by atoms with Gasteiger partial charge in [0.2, 0.25) is 15.9 Å². The second-order valence-corrected chi connectivity index (χ2v) is 9.82. The van der Waals surface area contributed by atoms with E-state index in [1.165, 1.54) is 10.4 Å². The predicted molar refractivity (Wildman–Crippen MR) is 126 cm³/mol. The first-order valence-corrected chi connectivity index (χ1v) is 12.0. The van der Waals surface area contributed by atoms with E-state index in [-0.39, 0.29) is 10.8 Å². The fourth-order valence-electron chi connectivity index (χ4n) is 3.73. The Kier molecular flexibility index (Phi) is 6.45. The number of nitrogens with one attached hydrogen (secondary N) is 2. The van der Waals surface area contributed by atoms with Gasteiger partial charge in [0.1, 0.15) is 6.04 Å². The number of anilines is 2. The lowest BCUT2D eigenvalue weighted by Gasteiger charge is -2.27. The second kappa shape index (κ2) is 9.28. The highest BCUT2D eigenvalue weighted by Crippen LogP contribution is 2.25. The third-order valence-electron chi connectivity index (χ3n) is 5.57. The largest absolute Gasteiger partial charge is 0.379 e. The summed E-state index contributed by atoms with van der Waals surface area (Å²) >= 11 is 0. The molecule has 1 saturated heterocycles. The molecule has 0 saturated carbocycles. The van der Waals surface area contributed by atoms with Crippen LogP contribution in [0.3, 0.4) is 0 Å².